The van der Waals surface area contributed by atoms with Gasteiger partial charge in [0.25, 0.3) is 0 Å². The first-order valence-corrected chi connectivity index (χ1v) is 10.1. The molecule has 0 N–H and O–H groups in total. The lowest BCUT2D eigenvalue weighted by atomic mass is 10.1. The molecule has 29 heavy (non-hydrogen) atoms. The zero-order valence-electron chi connectivity index (χ0n) is 16.5. The summed E-state index contributed by atoms with van der Waals surface area (Å²) in [7, 11) is 0. The Morgan fingerprint density at radius 3 is 2.41 bits per heavy atom. The SMILES string of the molecule is CCOc1ccc(N2CCn3c2nn(CC(=O)N2CCCCC2)c(=O)c3=O)cc1. The highest BCUT2D eigenvalue weighted by molar-refractivity contribution is 5.76. The van der Waals surface area contributed by atoms with E-state index in [2.05, 4.69) is 5.10 Å². The molecule has 2 aromatic rings. The molecule has 2 aliphatic heterocycles. The third-order valence-corrected chi connectivity index (χ3v) is 5.36. The summed E-state index contributed by atoms with van der Waals surface area (Å²) in [4.78, 5) is 41.2. The number of carbonyl (C=O) groups excluding carboxylic acids is 1. The number of likely N-dealkylation sites (tertiary alicyclic amines) is 1. The van der Waals surface area contributed by atoms with Crippen LogP contribution in [0.15, 0.2) is 33.9 Å². The van der Waals surface area contributed by atoms with Crippen LogP contribution in [0.2, 0.25) is 0 Å². The molecule has 0 saturated carbocycles. The molecule has 0 radical (unpaired) electrons. The highest BCUT2D eigenvalue weighted by Crippen LogP contribution is 2.28. The Balaban J connectivity index is 1.62. The molecule has 1 amide bonds. The summed E-state index contributed by atoms with van der Waals surface area (Å²) in [6.45, 7) is 4.58. The molecule has 1 saturated heterocycles. The second kappa shape index (κ2) is 8.10. The van der Waals surface area contributed by atoms with Crippen LogP contribution in [0.25, 0.3) is 0 Å². The second-order valence-corrected chi connectivity index (χ2v) is 7.24. The highest BCUT2D eigenvalue weighted by atomic mass is 16.5. The topological polar surface area (TPSA) is 89.7 Å². The first kappa shape index (κ1) is 19.2. The Hall–Kier alpha value is -3.10. The largest absolute Gasteiger partial charge is 0.494 e. The number of fused-ring (bicyclic) bond motifs is 1. The van der Waals surface area contributed by atoms with Crippen LogP contribution in [0.4, 0.5) is 11.6 Å². The van der Waals surface area contributed by atoms with Crippen LogP contribution in [-0.4, -0.2) is 51.4 Å². The van der Waals surface area contributed by atoms with Gasteiger partial charge in [0, 0.05) is 31.9 Å². The number of piperidine rings is 1. The third kappa shape index (κ3) is 3.76. The van der Waals surface area contributed by atoms with Gasteiger partial charge in [-0.25, -0.2) is 4.68 Å². The van der Waals surface area contributed by atoms with E-state index in [-0.39, 0.29) is 12.5 Å². The molecule has 4 rings (SSSR count). The quantitative estimate of drug-likeness (QED) is 0.696. The minimum absolute atomic E-state index is 0.172. The highest BCUT2D eigenvalue weighted by Gasteiger charge is 2.27. The molecule has 0 atom stereocenters. The van der Waals surface area contributed by atoms with Gasteiger partial charge in [-0.3, -0.25) is 19.0 Å². The number of aromatic nitrogens is 3. The molecule has 3 heterocycles. The van der Waals surface area contributed by atoms with E-state index in [1.54, 1.807) is 4.90 Å². The van der Waals surface area contributed by atoms with E-state index >= 15 is 0 Å². The molecule has 1 fully saturated rings. The molecule has 9 heteroatoms. The number of hydrogen-bond acceptors (Lipinski definition) is 6. The van der Waals surface area contributed by atoms with Crippen molar-refractivity contribution in [2.45, 2.75) is 39.3 Å². The Morgan fingerprint density at radius 2 is 1.72 bits per heavy atom. The van der Waals surface area contributed by atoms with E-state index in [1.807, 2.05) is 36.1 Å². The monoisotopic (exact) mass is 399 g/mol. The number of ether oxygens (including phenoxy) is 1. The number of rotatable bonds is 5. The standard InChI is InChI=1S/C20H25N5O4/c1-2-29-16-8-6-15(7-9-16)23-12-13-24-18(27)19(28)25(21-20(23)24)14-17(26)22-10-4-3-5-11-22/h6-9H,2-5,10-14H2,1H3. The number of amides is 1. The van der Waals surface area contributed by atoms with Gasteiger partial charge in [0.15, 0.2) is 0 Å². The van der Waals surface area contributed by atoms with Gasteiger partial charge in [-0.1, -0.05) is 0 Å². The molecule has 0 bridgehead atoms. The van der Waals surface area contributed by atoms with Gasteiger partial charge in [0.05, 0.1) is 6.61 Å². The molecule has 9 nitrogen and oxygen atoms in total. The maximum absolute atomic E-state index is 12.6. The third-order valence-electron chi connectivity index (χ3n) is 5.36. The lowest BCUT2D eigenvalue weighted by Crippen LogP contribution is -2.46. The summed E-state index contributed by atoms with van der Waals surface area (Å²) < 4.78 is 7.86. The maximum atomic E-state index is 12.6. The predicted molar refractivity (Wildman–Crippen MR) is 108 cm³/mol. The van der Waals surface area contributed by atoms with Gasteiger partial charge in [-0.2, -0.15) is 0 Å². The smallest absolute Gasteiger partial charge is 0.333 e. The van der Waals surface area contributed by atoms with Crippen LogP contribution in [0.3, 0.4) is 0 Å². The Bertz CT molecular complexity index is 1010. The van der Waals surface area contributed by atoms with Crippen molar-refractivity contribution >= 4 is 17.5 Å². The summed E-state index contributed by atoms with van der Waals surface area (Å²) in [6, 6.07) is 7.49. The van der Waals surface area contributed by atoms with Crippen molar-refractivity contribution < 1.29 is 9.53 Å². The molecule has 0 spiro atoms. The lowest BCUT2D eigenvalue weighted by Gasteiger charge is -2.26. The minimum atomic E-state index is -0.757. The zero-order chi connectivity index (χ0) is 20.4. The van der Waals surface area contributed by atoms with Gasteiger partial charge < -0.3 is 14.5 Å². The predicted octanol–water partition coefficient (Wildman–Crippen LogP) is 0.968. The van der Waals surface area contributed by atoms with E-state index in [0.29, 0.717) is 38.7 Å². The fourth-order valence-corrected chi connectivity index (χ4v) is 3.84. The summed E-state index contributed by atoms with van der Waals surface area (Å²) in [5, 5.41) is 4.38. The van der Waals surface area contributed by atoms with Crippen LogP contribution in [-0.2, 0) is 17.9 Å². The van der Waals surface area contributed by atoms with E-state index in [9.17, 15) is 14.4 Å². The van der Waals surface area contributed by atoms with Crippen LogP contribution in [0, 0.1) is 0 Å². The maximum Gasteiger partial charge on any atom is 0.333 e. The number of hydrogen-bond donors (Lipinski definition) is 0. The number of anilines is 2. The molecule has 154 valence electrons. The van der Waals surface area contributed by atoms with Crippen molar-refractivity contribution in [1.29, 1.82) is 0 Å². The van der Waals surface area contributed by atoms with Gasteiger partial charge in [-0.15, -0.1) is 5.10 Å². The molecular formula is C20H25N5O4. The van der Waals surface area contributed by atoms with E-state index in [0.717, 1.165) is 35.4 Å². The first-order chi connectivity index (χ1) is 14.1. The minimum Gasteiger partial charge on any atom is -0.494 e. The van der Waals surface area contributed by atoms with Crippen LogP contribution in [0.1, 0.15) is 26.2 Å². The fourth-order valence-electron chi connectivity index (χ4n) is 3.84. The van der Waals surface area contributed by atoms with Crippen LogP contribution < -0.4 is 20.8 Å². The van der Waals surface area contributed by atoms with E-state index < -0.39 is 11.1 Å². The van der Waals surface area contributed by atoms with Crippen molar-refractivity contribution in [2.75, 3.05) is 31.1 Å². The molecule has 1 aromatic carbocycles. The molecular weight excluding hydrogens is 374 g/mol. The Labute approximate surface area is 168 Å². The van der Waals surface area contributed by atoms with Crippen molar-refractivity contribution in [3.05, 3.63) is 45.0 Å². The average Bonchev–Trinajstić information content (AvgIpc) is 3.17. The molecule has 0 aliphatic carbocycles. The second-order valence-electron chi connectivity index (χ2n) is 7.24. The number of carbonyl (C=O) groups is 1. The number of nitrogens with zero attached hydrogens (tertiary/aromatic N) is 5. The van der Waals surface area contributed by atoms with Gasteiger partial charge in [0.2, 0.25) is 11.9 Å². The van der Waals surface area contributed by atoms with Crippen molar-refractivity contribution in [3.63, 3.8) is 0 Å². The summed E-state index contributed by atoms with van der Waals surface area (Å²) in [5.74, 6) is 0.970. The summed E-state index contributed by atoms with van der Waals surface area (Å²) >= 11 is 0. The van der Waals surface area contributed by atoms with Gasteiger partial charge >= 0.3 is 11.1 Å². The number of benzene rings is 1. The molecule has 2 aliphatic rings. The summed E-state index contributed by atoms with van der Waals surface area (Å²) in [5.41, 5.74) is -0.554. The van der Waals surface area contributed by atoms with Crippen molar-refractivity contribution in [2.24, 2.45) is 0 Å². The first-order valence-electron chi connectivity index (χ1n) is 10.1. The normalized spacial score (nSPS) is 16.0. The fraction of sp³-hybridized carbons (Fsp3) is 0.500. The average molecular weight is 399 g/mol. The summed E-state index contributed by atoms with van der Waals surface area (Å²) in [6.07, 6.45) is 3.04. The Kier molecular flexibility index (Phi) is 5.37. The Morgan fingerprint density at radius 1 is 1.00 bits per heavy atom. The van der Waals surface area contributed by atoms with E-state index in [4.69, 9.17) is 4.74 Å². The van der Waals surface area contributed by atoms with E-state index in [1.165, 1.54) is 4.57 Å². The van der Waals surface area contributed by atoms with Crippen LogP contribution >= 0.6 is 0 Å². The van der Waals surface area contributed by atoms with Gasteiger partial charge in [-0.05, 0) is 50.5 Å². The van der Waals surface area contributed by atoms with Crippen molar-refractivity contribution in [3.8, 4) is 5.75 Å². The molecule has 0 unspecified atom stereocenters. The lowest BCUT2D eigenvalue weighted by molar-refractivity contribution is -0.133. The van der Waals surface area contributed by atoms with Crippen molar-refractivity contribution in [1.82, 2.24) is 19.2 Å². The molecule has 1 aromatic heterocycles. The van der Waals surface area contributed by atoms with Gasteiger partial charge in [0.1, 0.15) is 12.3 Å². The zero-order valence-corrected chi connectivity index (χ0v) is 16.5. The van der Waals surface area contributed by atoms with Crippen LogP contribution in [0.5, 0.6) is 5.75 Å².